The highest BCUT2D eigenvalue weighted by Crippen LogP contribution is 2.23. The second-order valence-corrected chi connectivity index (χ2v) is 6.99. The molecule has 1 fully saturated rings. The third kappa shape index (κ3) is 3.05. The average Bonchev–Trinajstić information content (AvgIpc) is 3.11. The Bertz CT molecular complexity index is 922. The van der Waals surface area contributed by atoms with E-state index in [-0.39, 0.29) is 5.91 Å². The highest BCUT2D eigenvalue weighted by Gasteiger charge is 2.22. The van der Waals surface area contributed by atoms with Gasteiger partial charge in [0.05, 0.1) is 18.1 Å². The largest absolute Gasteiger partial charge is 0.497 e. The van der Waals surface area contributed by atoms with E-state index in [0.29, 0.717) is 11.5 Å². The molecule has 134 valence electrons. The van der Waals surface area contributed by atoms with E-state index in [9.17, 15) is 4.79 Å². The predicted octanol–water partition coefficient (Wildman–Crippen LogP) is 3.91. The molecule has 4 rings (SSSR count). The van der Waals surface area contributed by atoms with Crippen molar-refractivity contribution in [3.63, 3.8) is 0 Å². The van der Waals surface area contributed by atoms with E-state index in [1.807, 2.05) is 51.9 Å². The van der Waals surface area contributed by atoms with Gasteiger partial charge in [0, 0.05) is 24.3 Å². The van der Waals surface area contributed by atoms with Gasteiger partial charge in [-0.15, -0.1) is 0 Å². The number of likely N-dealkylation sites (tertiary alicyclic amines) is 1. The molecule has 0 aliphatic carbocycles. The quantitative estimate of drug-likeness (QED) is 0.720. The summed E-state index contributed by atoms with van der Waals surface area (Å²) in [6.45, 7) is 3.94. The highest BCUT2D eigenvalue weighted by molar-refractivity contribution is 5.97. The first-order chi connectivity index (χ1) is 12.7. The maximum Gasteiger partial charge on any atom is 0.253 e. The van der Waals surface area contributed by atoms with Crippen LogP contribution in [0.2, 0.25) is 0 Å². The van der Waals surface area contributed by atoms with Crippen LogP contribution in [0.1, 0.15) is 30.1 Å². The summed E-state index contributed by atoms with van der Waals surface area (Å²) in [7, 11) is 1.66. The van der Waals surface area contributed by atoms with Crippen molar-refractivity contribution in [2.75, 3.05) is 20.2 Å². The van der Waals surface area contributed by atoms with Gasteiger partial charge in [-0.3, -0.25) is 9.36 Å². The van der Waals surface area contributed by atoms with Gasteiger partial charge in [-0.05, 0) is 61.2 Å². The molecule has 0 saturated carbocycles. The number of imidazole rings is 1. The molecule has 0 bridgehead atoms. The third-order valence-corrected chi connectivity index (χ3v) is 5.22. The molecule has 26 heavy (non-hydrogen) atoms. The Morgan fingerprint density at radius 2 is 1.85 bits per heavy atom. The lowest BCUT2D eigenvalue weighted by molar-refractivity contribution is 0.0697. The van der Waals surface area contributed by atoms with Crippen molar-refractivity contribution in [1.29, 1.82) is 0 Å². The molecule has 0 spiro atoms. The summed E-state index contributed by atoms with van der Waals surface area (Å²) in [5.74, 6) is 1.64. The van der Waals surface area contributed by atoms with Crippen LogP contribution in [0.3, 0.4) is 0 Å². The van der Waals surface area contributed by atoms with Gasteiger partial charge in [0.15, 0.2) is 0 Å². The number of ether oxygens (including phenoxy) is 1. The van der Waals surface area contributed by atoms with Gasteiger partial charge in [0.25, 0.3) is 5.91 Å². The van der Waals surface area contributed by atoms with Crippen LogP contribution < -0.4 is 4.74 Å². The number of nitrogens with zero attached hydrogens (tertiary/aromatic N) is 3. The number of amides is 1. The van der Waals surface area contributed by atoms with Gasteiger partial charge in [-0.1, -0.05) is 6.92 Å². The molecule has 1 amide bonds. The molecular formula is C21H23N3O2. The van der Waals surface area contributed by atoms with Gasteiger partial charge >= 0.3 is 0 Å². The molecular weight excluding hydrogens is 326 g/mol. The van der Waals surface area contributed by atoms with E-state index in [1.165, 1.54) is 0 Å². The van der Waals surface area contributed by atoms with Gasteiger partial charge in [0.1, 0.15) is 12.1 Å². The number of fused-ring (bicyclic) bond motifs is 1. The number of carbonyl (C=O) groups excluding carboxylic acids is 1. The van der Waals surface area contributed by atoms with Gasteiger partial charge in [-0.25, -0.2) is 4.98 Å². The molecule has 0 N–H and O–H groups in total. The summed E-state index contributed by atoms with van der Waals surface area (Å²) in [5, 5.41) is 0. The third-order valence-electron chi connectivity index (χ3n) is 5.22. The number of carbonyl (C=O) groups is 1. The zero-order valence-electron chi connectivity index (χ0n) is 15.2. The topological polar surface area (TPSA) is 47.4 Å². The van der Waals surface area contributed by atoms with Crippen molar-refractivity contribution >= 4 is 16.9 Å². The number of methoxy groups -OCH3 is 1. The normalized spacial score (nSPS) is 15.4. The summed E-state index contributed by atoms with van der Waals surface area (Å²) in [6, 6.07) is 13.6. The summed E-state index contributed by atoms with van der Waals surface area (Å²) in [5.41, 5.74) is 3.54. The van der Waals surface area contributed by atoms with E-state index in [2.05, 4.69) is 11.9 Å². The van der Waals surface area contributed by atoms with Gasteiger partial charge < -0.3 is 9.64 Å². The summed E-state index contributed by atoms with van der Waals surface area (Å²) >= 11 is 0. The SMILES string of the molecule is COc1ccc(-n2cnc3cc(C(=O)N4CCC(C)CC4)ccc32)cc1. The fourth-order valence-corrected chi connectivity index (χ4v) is 3.49. The first-order valence-electron chi connectivity index (χ1n) is 9.06. The van der Waals surface area contributed by atoms with Crippen molar-refractivity contribution in [3.8, 4) is 11.4 Å². The molecule has 1 aliphatic rings. The second kappa shape index (κ2) is 6.83. The van der Waals surface area contributed by atoms with E-state index in [1.54, 1.807) is 13.4 Å². The highest BCUT2D eigenvalue weighted by atomic mass is 16.5. The number of piperidine rings is 1. The molecule has 0 unspecified atom stereocenters. The van der Waals surface area contributed by atoms with Crippen molar-refractivity contribution in [2.24, 2.45) is 5.92 Å². The number of benzene rings is 2. The standard InChI is InChI=1S/C21H23N3O2/c1-15-9-11-23(12-10-15)21(25)16-3-8-20-19(13-16)22-14-24(20)17-4-6-18(26-2)7-5-17/h3-8,13-15H,9-12H2,1-2H3. The predicted molar refractivity (Wildman–Crippen MR) is 102 cm³/mol. The van der Waals surface area contributed by atoms with Gasteiger partial charge in [0.2, 0.25) is 0 Å². The lowest BCUT2D eigenvalue weighted by atomic mass is 9.98. The van der Waals surface area contributed by atoms with Crippen LogP contribution in [0, 0.1) is 5.92 Å². The minimum Gasteiger partial charge on any atom is -0.497 e. The van der Waals surface area contributed by atoms with Crippen LogP contribution in [-0.2, 0) is 0 Å². The average molecular weight is 349 g/mol. The number of aromatic nitrogens is 2. The zero-order chi connectivity index (χ0) is 18.1. The second-order valence-electron chi connectivity index (χ2n) is 6.99. The van der Waals surface area contributed by atoms with Crippen LogP contribution >= 0.6 is 0 Å². The lowest BCUT2D eigenvalue weighted by Crippen LogP contribution is -2.37. The van der Waals surface area contributed by atoms with E-state index < -0.39 is 0 Å². The smallest absolute Gasteiger partial charge is 0.253 e. The van der Waals surface area contributed by atoms with Gasteiger partial charge in [-0.2, -0.15) is 0 Å². The fraction of sp³-hybridized carbons (Fsp3) is 0.333. The Hall–Kier alpha value is -2.82. The lowest BCUT2D eigenvalue weighted by Gasteiger charge is -2.30. The Morgan fingerprint density at radius 1 is 1.12 bits per heavy atom. The Morgan fingerprint density at radius 3 is 2.54 bits per heavy atom. The number of rotatable bonds is 3. The van der Waals surface area contributed by atoms with Crippen molar-refractivity contribution in [1.82, 2.24) is 14.5 Å². The molecule has 5 nitrogen and oxygen atoms in total. The first-order valence-corrected chi connectivity index (χ1v) is 9.06. The minimum atomic E-state index is 0.109. The van der Waals surface area contributed by atoms with E-state index >= 15 is 0 Å². The Balaban J connectivity index is 1.61. The maximum atomic E-state index is 12.8. The van der Waals surface area contributed by atoms with Crippen LogP contribution in [0.5, 0.6) is 5.75 Å². The van der Waals surface area contributed by atoms with Crippen LogP contribution in [0.15, 0.2) is 48.8 Å². The molecule has 2 heterocycles. The molecule has 3 aromatic rings. The van der Waals surface area contributed by atoms with Crippen molar-refractivity contribution < 1.29 is 9.53 Å². The maximum absolute atomic E-state index is 12.8. The van der Waals surface area contributed by atoms with E-state index in [0.717, 1.165) is 48.4 Å². The molecule has 0 atom stereocenters. The fourth-order valence-electron chi connectivity index (χ4n) is 3.49. The van der Waals surface area contributed by atoms with Crippen LogP contribution in [-0.4, -0.2) is 40.6 Å². The Labute approximate surface area is 153 Å². The molecule has 1 aliphatic heterocycles. The molecule has 1 aromatic heterocycles. The van der Waals surface area contributed by atoms with Crippen molar-refractivity contribution in [2.45, 2.75) is 19.8 Å². The Kier molecular flexibility index (Phi) is 4.37. The molecule has 1 saturated heterocycles. The van der Waals surface area contributed by atoms with Crippen LogP contribution in [0.25, 0.3) is 16.7 Å². The summed E-state index contributed by atoms with van der Waals surface area (Å²) in [6.07, 6.45) is 3.96. The number of hydrogen-bond acceptors (Lipinski definition) is 3. The first kappa shape index (κ1) is 16.6. The zero-order valence-corrected chi connectivity index (χ0v) is 15.2. The number of hydrogen-bond donors (Lipinski definition) is 0. The van der Waals surface area contributed by atoms with Crippen molar-refractivity contribution in [3.05, 3.63) is 54.4 Å². The molecule has 0 radical (unpaired) electrons. The minimum absolute atomic E-state index is 0.109. The monoisotopic (exact) mass is 349 g/mol. The van der Waals surface area contributed by atoms with Crippen LogP contribution in [0.4, 0.5) is 0 Å². The molecule has 5 heteroatoms. The summed E-state index contributed by atoms with van der Waals surface area (Å²) in [4.78, 5) is 19.2. The molecule has 2 aromatic carbocycles. The summed E-state index contributed by atoms with van der Waals surface area (Å²) < 4.78 is 7.23. The van der Waals surface area contributed by atoms with E-state index in [4.69, 9.17) is 4.74 Å².